The Morgan fingerprint density at radius 2 is 1.91 bits per heavy atom. The van der Waals surface area contributed by atoms with Gasteiger partial charge in [-0.1, -0.05) is 6.07 Å². The van der Waals surface area contributed by atoms with E-state index in [0.29, 0.717) is 18.0 Å². The zero-order valence-corrected chi connectivity index (χ0v) is 19.0. The molecule has 0 unspecified atom stereocenters. The predicted octanol–water partition coefficient (Wildman–Crippen LogP) is 5.05. The third-order valence-corrected chi connectivity index (χ3v) is 5.22. The fourth-order valence-electron chi connectivity index (χ4n) is 3.68. The summed E-state index contributed by atoms with van der Waals surface area (Å²) in [5.74, 6) is -0.866. The molecule has 7 nitrogen and oxygen atoms in total. The molecule has 2 aromatic carbocycles. The van der Waals surface area contributed by atoms with E-state index in [9.17, 15) is 20.0 Å². The van der Waals surface area contributed by atoms with Gasteiger partial charge in [0.15, 0.2) is 0 Å². The van der Waals surface area contributed by atoms with Gasteiger partial charge in [0, 0.05) is 28.8 Å². The number of anilines is 1. The largest absolute Gasteiger partial charge is 0.494 e. The summed E-state index contributed by atoms with van der Waals surface area (Å²) in [4.78, 5) is 24.0. The number of carbonyl (C=O) groups excluding carboxylic acids is 1. The summed E-state index contributed by atoms with van der Waals surface area (Å²) in [6, 6.07) is 15.8. The molecular weight excluding hydrogens is 418 g/mol. The maximum Gasteiger partial charge on any atom is 0.335 e. The van der Waals surface area contributed by atoms with Crippen molar-refractivity contribution in [1.29, 1.82) is 5.26 Å². The lowest BCUT2D eigenvalue weighted by molar-refractivity contribution is -0.112. The van der Waals surface area contributed by atoms with E-state index in [2.05, 4.69) is 5.32 Å². The molecule has 7 heteroatoms. The Labute approximate surface area is 192 Å². The van der Waals surface area contributed by atoms with Crippen molar-refractivity contribution < 1.29 is 19.4 Å². The van der Waals surface area contributed by atoms with Crippen LogP contribution in [0.1, 0.15) is 39.8 Å². The van der Waals surface area contributed by atoms with Gasteiger partial charge in [-0.05, 0) is 81.3 Å². The Balaban J connectivity index is 1.92. The van der Waals surface area contributed by atoms with Crippen LogP contribution in [0.3, 0.4) is 0 Å². The lowest BCUT2D eigenvalue weighted by Crippen LogP contribution is -2.13. The van der Waals surface area contributed by atoms with Crippen molar-refractivity contribution in [3.8, 4) is 17.5 Å². The number of nitrogens with zero attached hydrogens (tertiary/aromatic N) is 2. The number of benzene rings is 2. The van der Waals surface area contributed by atoms with Crippen LogP contribution in [0.2, 0.25) is 0 Å². The number of nitrogens with one attached hydrogen (secondary N) is 1. The molecule has 0 fully saturated rings. The molecule has 0 atom stereocenters. The highest BCUT2D eigenvalue weighted by atomic mass is 16.5. The Hall–Kier alpha value is -4.31. The van der Waals surface area contributed by atoms with Gasteiger partial charge >= 0.3 is 5.97 Å². The quantitative estimate of drug-likeness (QED) is 0.393. The van der Waals surface area contributed by atoms with Gasteiger partial charge in [0.1, 0.15) is 17.4 Å². The van der Waals surface area contributed by atoms with Crippen LogP contribution in [0.5, 0.6) is 5.75 Å². The molecule has 168 valence electrons. The number of nitriles is 1. The summed E-state index contributed by atoms with van der Waals surface area (Å²) < 4.78 is 7.43. The summed E-state index contributed by atoms with van der Waals surface area (Å²) in [7, 11) is 0. The Bertz CT molecular complexity index is 1300. The van der Waals surface area contributed by atoms with E-state index >= 15 is 0 Å². The number of carbonyl (C=O) groups is 2. The van der Waals surface area contributed by atoms with E-state index in [-0.39, 0.29) is 11.1 Å². The fraction of sp³-hybridized carbons (Fsp3) is 0.192. The van der Waals surface area contributed by atoms with Crippen LogP contribution in [0.4, 0.5) is 5.69 Å². The fourth-order valence-corrected chi connectivity index (χ4v) is 3.68. The number of carboxylic acid groups (broad SMARTS) is 1. The first kappa shape index (κ1) is 23.4. The van der Waals surface area contributed by atoms with Crippen LogP contribution in [-0.2, 0) is 4.79 Å². The van der Waals surface area contributed by atoms with Gasteiger partial charge < -0.3 is 19.7 Å². The molecule has 3 rings (SSSR count). The van der Waals surface area contributed by atoms with Crippen LogP contribution in [0.15, 0.2) is 54.1 Å². The first-order valence-electron chi connectivity index (χ1n) is 10.4. The second-order valence-corrected chi connectivity index (χ2v) is 7.55. The van der Waals surface area contributed by atoms with E-state index in [1.807, 2.05) is 44.4 Å². The highest BCUT2D eigenvalue weighted by molar-refractivity contribution is 6.09. The first-order valence-corrected chi connectivity index (χ1v) is 10.4. The molecule has 0 aliphatic rings. The van der Waals surface area contributed by atoms with Crippen molar-refractivity contribution in [2.45, 2.75) is 27.7 Å². The van der Waals surface area contributed by atoms with Crippen molar-refractivity contribution in [2.75, 3.05) is 11.9 Å². The second kappa shape index (κ2) is 9.88. The maximum atomic E-state index is 12.7. The molecule has 0 saturated heterocycles. The highest BCUT2D eigenvalue weighted by Crippen LogP contribution is 2.26. The van der Waals surface area contributed by atoms with E-state index < -0.39 is 11.9 Å². The average Bonchev–Trinajstić information content (AvgIpc) is 3.05. The summed E-state index contributed by atoms with van der Waals surface area (Å²) in [5, 5.41) is 21.6. The van der Waals surface area contributed by atoms with Crippen molar-refractivity contribution in [2.24, 2.45) is 0 Å². The Kier molecular flexibility index (Phi) is 6.99. The molecule has 1 heterocycles. The van der Waals surface area contributed by atoms with Crippen LogP contribution in [0, 0.1) is 32.1 Å². The first-order chi connectivity index (χ1) is 15.7. The van der Waals surface area contributed by atoms with Gasteiger partial charge in [-0.25, -0.2) is 4.79 Å². The molecule has 3 aromatic rings. The van der Waals surface area contributed by atoms with Crippen molar-refractivity contribution in [3.05, 3.63) is 82.2 Å². The number of aryl methyl sites for hydroxylation is 2. The number of aromatic nitrogens is 1. The molecule has 0 radical (unpaired) electrons. The molecule has 0 spiro atoms. The summed E-state index contributed by atoms with van der Waals surface area (Å²) >= 11 is 0. The Morgan fingerprint density at radius 1 is 1.15 bits per heavy atom. The maximum absolute atomic E-state index is 12.7. The molecule has 0 bridgehead atoms. The van der Waals surface area contributed by atoms with Crippen LogP contribution in [0.25, 0.3) is 11.8 Å². The van der Waals surface area contributed by atoms with Gasteiger partial charge in [-0.2, -0.15) is 5.26 Å². The minimum atomic E-state index is -0.981. The van der Waals surface area contributed by atoms with E-state index in [0.717, 1.165) is 28.2 Å². The van der Waals surface area contributed by atoms with Gasteiger partial charge in [-0.3, -0.25) is 4.79 Å². The lowest BCUT2D eigenvalue weighted by Gasteiger charge is -2.13. The summed E-state index contributed by atoms with van der Waals surface area (Å²) in [5.41, 5.74) is 4.82. The Morgan fingerprint density at radius 3 is 2.55 bits per heavy atom. The third-order valence-electron chi connectivity index (χ3n) is 5.22. The third kappa shape index (κ3) is 5.13. The zero-order chi connectivity index (χ0) is 24.1. The molecular formula is C26H25N3O4. The smallest absolute Gasteiger partial charge is 0.335 e. The number of ether oxygens (including phenoxy) is 1. The lowest BCUT2D eigenvalue weighted by atomic mass is 10.1. The molecule has 0 aliphatic heterocycles. The molecule has 0 aliphatic carbocycles. The zero-order valence-electron chi connectivity index (χ0n) is 19.0. The number of carboxylic acids is 1. The van der Waals surface area contributed by atoms with Crippen molar-refractivity contribution >= 4 is 23.6 Å². The van der Waals surface area contributed by atoms with Gasteiger partial charge in [0.2, 0.25) is 0 Å². The summed E-state index contributed by atoms with van der Waals surface area (Å²) in [6.07, 6.45) is 1.56. The topological polar surface area (TPSA) is 104 Å². The predicted molar refractivity (Wildman–Crippen MR) is 127 cm³/mol. The molecule has 1 aromatic heterocycles. The number of hydrogen-bond acceptors (Lipinski definition) is 4. The standard InChI is InChI=1S/C26H25N3O4/c1-5-33-23-8-6-7-22(14-23)28-25(30)21(15-27)13-20-12-17(3)29(18(20)4)24-10-9-19(26(31)32)11-16(24)2/h6-14H,5H2,1-4H3,(H,28,30)(H,31,32). The number of hydrogen-bond donors (Lipinski definition) is 2. The van der Waals surface area contributed by atoms with E-state index in [4.69, 9.17) is 4.74 Å². The minimum Gasteiger partial charge on any atom is -0.494 e. The SMILES string of the molecule is CCOc1cccc(NC(=O)C(C#N)=Cc2cc(C)n(-c3ccc(C(=O)O)cc3C)c2C)c1. The number of amides is 1. The van der Waals surface area contributed by atoms with Crippen LogP contribution >= 0.6 is 0 Å². The van der Waals surface area contributed by atoms with Crippen molar-refractivity contribution in [3.63, 3.8) is 0 Å². The monoisotopic (exact) mass is 443 g/mol. The van der Waals surface area contributed by atoms with Gasteiger partial charge in [-0.15, -0.1) is 0 Å². The van der Waals surface area contributed by atoms with Gasteiger partial charge in [0.05, 0.1) is 12.2 Å². The molecule has 1 amide bonds. The number of rotatable bonds is 7. The number of aromatic carboxylic acids is 1. The molecule has 33 heavy (non-hydrogen) atoms. The summed E-state index contributed by atoms with van der Waals surface area (Å²) in [6.45, 7) is 8.04. The molecule has 2 N–H and O–H groups in total. The van der Waals surface area contributed by atoms with E-state index in [1.165, 1.54) is 0 Å². The average molecular weight is 444 g/mol. The van der Waals surface area contributed by atoms with Crippen molar-refractivity contribution in [1.82, 2.24) is 4.57 Å². The van der Waals surface area contributed by atoms with Crippen LogP contribution < -0.4 is 10.1 Å². The highest BCUT2D eigenvalue weighted by Gasteiger charge is 2.16. The van der Waals surface area contributed by atoms with Gasteiger partial charge in [0.25, 0.3) is 5.91 Å². The van der Waals surface area contributed by atoms with Crippen LogP contribution in [-0.4, -0.2) is 28.2 Å². The van der Waals surface area contributed by atoms with E-state index in [1.54, 1.807) is 48.5 Å². The molecule has 0 saturated carbocycles. The minimum absolute atomic E-state index is 0.0324. The normalized spacial score (nSPS) is 11.1. The second-order valence-electron chi connectivity index (χ2n) is 7.55.